The molecule has 1 saturated heterocycles. The summed E-state index contributed by atoms with van der Waals surface area (Å²) in [5.74, 6) is 0.517. The standard InChI is InChI=1S/C16H17N3O5S/c20-19(21)13-6-7-15(24-14-4-2-1-3-5-14)16(12-13)25(22,23)18-10-8-17-9-11-18/h1-7,12,17H,8-11H2. The van der Waals surface area contributed by atoms with Gasteiger partial charge in [-0.05, 0) is 18.2 Å². The van der Waals surface area contributed by atoms with Crippen LogP contribution in [0.3, 0.4) is 0 Å². The highest BCUT2D eigenvalue weighted by atomic mass is 32.2. The summed E-state index contributed by atoms with van der Waals surface area (Å²) < 4.78 is 32.9. The second-order valence-corrected chi connectivity index (χ2v) is 7.36. The number of non-ortho nitro benzene ring substituents is 1. The van der Waals surface area contributed by atoms with Crippen LogP contribution in [0.15, 0.2) is 53.4 Å². The van der Waals surface area contributed by atoms with E-state index in [-0.39, 0.29) is 16.3 Å². The van der Waals surface area contributed by atoms with Crippen molar-refractivity contribution in [2.75, 3.05) is 26.2 Å². The Hall–Kier alpha value is -2.49. The molecule has 132 valence electrons. The maximum Gasteiger partial charge on any atom is 0.271 e. The largest absolute Gasteiger partial charge is 0.456 e. The van der Waals surface area contributed by atoms with Crippen molar-refractivity contribution in [3.8, 4) is 11.5 Å². The van der Waals surface area contributed by atoms with Gasteiger partial charge in [0.15, 0.2) is 0 Å². The molecule has 25 heavy (non-hydrogen) atoms. The summed E-state index contributed by atoms with van der Waals surface area (Å²) in [5.41, 5.74) is -0.297. The van der Waals surface area contributed by atoms with Crippen LogP contribution in [-0.2, 0) is 10.0 Å². The van der Waals surface area contributed by atoms with Crippen molar-refractivity contribution in [3.63, 3.8) is 0 Å². The molecule has 0 spiro atoms. The van der Waals surface area contributed by atoms with Crippen LogP contribution in [0.5, 0.6) is 11.5 Å². The fourth-order valence-electron chi connectivity index (χ4n) is 2.54. The van der Waals surface area contributed by atoms with E-state index in [1.807, 2.05) is 0 Å². The van der Waals surface area contributed by atoms with Crippen molar-refractivity contribution < 1.29 is 18.1 Å². The molecule has 2 aromatic carbocycles. The van der Waals surface area contributed by atoms with Gasteiger partial charge >= 0.3 is 0 Å². The van der Waals surface area contributed by atoms with Gasteiger partial charge in [-0.2, -0.15) is 4.31 Å². The number of piperazine rings is 1. The van der Waals surface area contributed by atoms with Crippen LogP contribution < -0.4 is 10.1 Å². The average molecular weight is 363 g/mol. The van der Waals surface area contributed by atoms with Gasteiger partial charge in [0.25, 0.3) is 5.69 Å². The van der Waals surface area contributed by atoms with Crippen LogP contribution in [0.2, 0.25) is 0 Å². The van der Waals surface area contributed by atoms with E-state index in [9.17, 15) is 18.5 Å². The number of hydrogen-bond donors (Lipinski definition) is 1. The van der Waals surface area contributed by atoms with Gasteiger partial charge < -0.3 is 10.1 Å². The number of nitro benzene ring substituents is 1. The van der Waals surface area contributed by atoms with Crippen molar-refractivity contribution in [1.29, 1.82) is 0 Å². The second kappa shape index (κ2) is 7.18. The lowest BCUT2D eigenvalue weighted by Gasteiger charge is -2.27. The molecule has 1 heterocycles. The highest BCUT2D eigenvalue weighted by Gasteiger charge is 2.31. The molecule has 0 aliphatic carbocycles. The lowest BCUT2D eigenvalue weighted by atomic mass is 10.3. The smallest absolute Gasteiger partial charge is 0.271 e. The van der Waals surface area contributed by atoms with Gasteiger partial charge in [0, 0.05) is 38.3 Å². The number of nitro groups is 1. The molecule has 0 saturated carbocycles. The van der Waals surface area contributed by atoms with E-state index < -0.39 is 14.9 Å². The third-order valence-electron chi connectivity index (χ3n) is 3.80. The molecule has 0 atom stereocenters. The molecule has 0 unspecified atom stereocenters. The first kappa shape index (κ1) is 17.3. The predicted molar refractivity (Wildman–Crippen MR) is 91.2 cm³/mol. The van der Waals surface area contributed by atoms with Gasteiger partial charge in [0.05, 0.1) is 4.92 Å². The van der Waals surface area contributed by atoms with Crippen LogP contribution in [-0.4, -0.2) is 43.8 Å². The topological polar surface area (TPSA) is 102 Å². The molecule has 9 heteroatoms. The van der Waals surface area contributed by atoms with Crippen molar-refractivity contribution in [2.24, 2.45) is 0 Å². The molecule has 0 bridgehead atoms. The minimum atomic E-state index is -3.90. The van der Waals surface area contributed by atoms with E-state index in [0.29, 0.717) is 31.9 Å². The highest BCUT2D eigenvalue weighted by Crippen LogP contribution is 2.33. The maximum atomic E-state index is 13.0. The average Bonchev–Trinajstić information content (AvgIpc) is 2.63. The van der Waals surface area contributed by atoms with Gasteiger partial charge in [0.1, 0.15) is 16.4 Å². The maximum absolute atomic E-state index is 13.0. The zero-order chi connectivity index (χ0) is 17.9. The van der Waals surface area contributed by atoms with E-state index in [1.54, 1.807) is 30.3 Å². The molecular weight excluding hydrogens is 346 g/mol. The third kappa shape index (κ3) is 3.78. The van der Waals surface area contributed by atoms with Crippen LogP contribution >= 0.6 is 0 Å². The Bertz CT molecular complexity index is 865. The number of nitrogens with zero attached hydrogens (tertiary/aromatic N) is 2. The van der Waals surface area contributed by atoms with E-state index in [1.165, 1.54) is 16.4 Å². The van der Waals surface area contributed by atoms with Gasteiger partial charge in [-0.25, -0.2) is 8.42 Å². The summed E-state index contributed by atoms with van der Waals surface area (Å²) in [5, 5.41) is 14.1. The molecule has 1 aliphatic rings. The van der Waals surface area contributed by atoms with E-state index >= 15 is 0 Å². The Morgan fingerprint density at radius 1 is 1.08 bits per heavy atom. The molecule has 0 amide bonds. The Balaban J connectivity index is 2.04. The molecule has 1 N–H and O–H groups in total. The van der Waals surface area contributed by atoms with Crippen molar-refractivity contribution in [1.82, 2.24) is 9.62 Å². The summed E-state index contributed by atoms with van der Waals surface area (Å²) in [6.45, 7) is 1.66. The molecule has 2 aromatic rings. The SMILES string of the molecule is O=[N+]([O-])c1ccc(Oc2ccccc2)c(S(=O)(=O)N2CCNCC2)c1. The van der Waals surface area contributed by atoms with Crippen molar-refractivity contribution in [3.05, 3.63) is 58.6 Å². The Labute approximate surface area is 145 Å². The first-order chi connectivity index (χ1) is 12.0. The summed E-state index contributed by atoms with van der Waals surface area (Å²) >= 11 is 0. The van der Waals surface area contributed by atoms with E-state index in [0.717, 1.165) is 6.07 Å². The van der Waals surface area contributed by atoms with Crippen molar-refractivity contribution >= 4 is 15.7 Å². The highest BCUT2D eigenvalue weighted by molar-refractivity contribution is 7.89. The quantitative estimate of drug-likeness (QED) is 0.644. The first-order valence-corrected chi connectivity index (χ1v) is 9.15. The Kier molecular flexibility index (Phi) is 4.98. The van der Waals surface area contributed by atoms with Gasteiger partial charge in [-0.1, -0.05) is 18.2 Å². The van der Waals surface area contributed by atoms with Crippen molar-refractivity contribution in [2.45, 2.75) is 4.90 Å². The van der Waals surface area contributed by atoms with Gasteiger partial charge in [0.2, 0.25) is 10.0 Å². The minimum absolute atomic E-state index is 0.0651. The fraction of sp³-hybridized carbons (Fsp3) is 0.250. The fourth-order valence-corrected chi connectivity index (χ4v) is 4.11. The molecule has 0 aromatic heterocycles. The van der Waals surface area contributed by atoms with Crippen LogP contribution in [0.1, 0.15) is 0 Å². The van der Waals surface area contributed by atoms with E-state index in [2.05, 4.69) is 5.32 Å². The number of nitrogens with one attached hydrogen (secondary N) is 1. The van der Waals surface area contributed by atoms with Gasteiger partial charge in [-0.15, -0.1) is 0 Å². The summed E-state index contributed by atoms with van der Waals surface area (Å²) in [6.07, 6.45) is 0. The number of hydrogen-bond acceptors (Lipinski definition) is 6. The molecular formula is C16H17N3O5S. The number of sulfonamides is 1. The zero-order valence-electron chi connectivity index (χ0n) is 13.3. The number of benzene rings is 2. The molecule has 1 fully saturated rings. The molecule has 0 radical (unpaired) electrons. The normalized spacial score (nSPS) is 15.7. The lowest BCUT2D eigenvalue weighted by molar-refractivity contribution is -0.385. The number of para-hydroxylation sites is 1. The molecule has 3 rings (SSSR count). The summed E-state index contributed by atoms with van der Waals surface area (Å²) in [6, 6.07) is 12.3. The van der Waals surface area contributed by atoms with Crippen LogP contribution in [0, 0.1) is 10.1 Å². The Morgan fingerprint density at radius 3 is 2.40 bits per heavy atom. The number of rotatable bonds is 5. The predicted octanol–water partition coefficient (Wildman–Crippen LogP) is 1.98. The summed E-state index contributed by atoms with van der Waals surface area (Å²) in [4.78, 5) is 10.2. The zero-order valence-corrected chi connectivity index (χ0v) is 14.1. The second-order valence-electron chi connectivity index (χ2n) is 5.46. The van der Waals surface area contributed by atoms with Gasteiger partial charge in [-0.3, -0.25) is 10.1 Å². The van der Waals surface area contributed by atoms with E-state index in [4.69, 9.17) is 4.74 Å². The lowest BCUT2D eigenvalue weighted by Crippen LogP contribution is -2.46. The monoisotopic (exact) mass is 363 g/mol. The molecule has 1 aliphatic heterocycles. The third-order valence-corrected chi connectivity index (χ3v) is 5.72. The Morgan fingerprint density at radius 2 is 1.76 bits per heavy atom. The molecule has 8 nitrogen and oxygen atoms in total. The van der Waals surface area contributed by atoms with Crippen LogP contribution in [0.25, 0.3) is 0 Å². The first-order valence-electron chi connectivity index (χ1n) is 7.71. The summed E-state index contributed by atoms with van der Waals surface area (Å²) in [7, 11) is -3.90. The minimum Gasteiger partial charge on any atom is -0.456 e. The van der Waals surface area contributed by atoms with Crippen LogP contribution in [0.4, 0.5) is 5.69 Å². The number of ether oxygens (including phenoxy) is 1.